The Morgan fingerprint density at radius 2 is 1.89 bits per heavy atom. The molecule has 0 aliphatic carbocycles. The van der Waals surface area contributed by atoms with Gasteiger partial charge in [-0.25, -0.2) is 4.39 Å². The minimum absolute atomic E-state index is 0.319. The Bertz CT molecular complexity index is 1100. The van der Waals surface area contributed by atoms with Gasteiger partial charge in [0.1, 0.15) is 5.82 Å². The molecule has 2 aromatic carbocycles. The summed E-state index contributed by atoms with van der Waals surface area (Å²) in [6.07, 6.45) is 6.09. The molecule has 5 rings (SSSR count). The van der Waals surface area contributed by atoms with E-state index in [1.165, 1.54) is 35.2 Å². The van der Waals surface area contributed by atoms with Gasteiger partial charge in [-0.05, 0) is 48.2 Å². The molecule has 1 aliphatic heterocycles. The molecule has 1 saturated heterocycles. The van der Waals surface area contributed by atoms with Crippen LogP contribution in [0.2, 0.25) is 0 Å². The fourth-order valence-corrected chi connectivity index (χ4v) is 4.26. The van der Waals surface area contributed by atoms with Crippen LogP contribution in [0.15, 0.2) is 79.3 Å². The molecule has 0 saturated carbocycles. The van der Waals surface area contributed by atoms with Crippen molar-refractivity contribution in [1.29, 1.82) is 0 Å². The van der Waals surface area contributed by atoms with E-state index in [0.717, 1.165) is 30.8 Å². The second-order valence-electron chi connectivity index (χ2n) is 7.57. The zero-order valence-electron chi connectivity index (χ0n) is 15.6. The third-order valence-corrected chi connectivity index (χ3v) is 5.68. The van der Waals surface area contributed by atoms with E-state index in [-0.39, 0.29) is 5.82 Å². The SMILES string of the molecule is Fc1cncc(-n2ccc3cc(C4CCN(Cc5ccccc5)C4)ccc32)c1. The third-order valence-electron chi connectivity index (χ3n) is 5.68. The van der Waals surface area contributed by atoms with E-state index >= 15 is 0 Å². The van der Waals surface area contributed by atoms with Crippen molar-refractivity contribution in [3.05, 3.63) is 96.2 Å². The second-order valence-corrected chi connectivity index (χ2v) is 7.57. The monoisotopic (exact) mass is 371 g/mol. The molecule has 0 amide bonds. The van der Waals surface area contributed by atoms with Crippen molar-refractivity contribution < 1.29 is 4.39 Å². The Morgan fingerprint density at radius 3 is 2.75 bits per heavy atom. The van der Waals surface area contributed by atoms with Crippen LogP contribution in [0.3, 0.4) is 0 Å². The summed E-state index contributed by atoms with van der Waals surface area (Å²) in [5.41, 5.74) is 4.59. The first-order valence-corrected chi connectivity index (χ1v) is 9.74. The number of nitrogens with zero attached hydrogens (tertiary/aromatic N) is 3. The van der Waals surface area contributed by atoms with Gasteiger partial charge >= 0.3 is 0 Å². The normalized spacial score (nSPS) is 17.4. The molecule has 4 aromatic rings. The van der Waals surface area contributed by atoms with Gasteiger partial charge in [-0.15, -0.1) is 0 Å². The van der Waals surface area contributed by atoms with E-state index in [2.05, 4.69) is 64.5 Å². The van der Waals surface area contributed by atoms with Crippen molar-refractivity contribution in [2.24, 2.45) is 0 Å². The summed E-state index contributed by atoms with van der Waals surface area (Å²) < 4.78 is 15.5. The number of aromatic nitrogens is 2. The summed E-state index contributed by atoms with van der Waals surface area (Å²) >= 11 is 0. The van der Waals surface area contributed by atoms with E-state index in [4.69, 9.17) is 0 Å². The van der Waals surface area contributed by atoms with Crippen molar-refractivity contribution >= 4 is 10.9 Å². The Kier molecular flexibility index (Phi) is 4.41. The average molecular weight is 371 g/mol. The molecule has 0 spiro atoms. The Morgan fingerprint density at radius 1 is 1.00 bits per heavy atom. The maximum absolute atomic E-state index is 13.5. The Labute approximate surface area is 164 Å². The van der Waals surface area contributed by atoms with Crippen molar-refractivity contribution in [2.75, 3.05) is 13.1 Å². The van der Waals surface area contributed by atoms with Gasteiger partial charge in [-0.1, -0.05) is 36.4 Å². The molecule has 28 heavy (non-hydrogen) atoms. The fourth-order valence-electron chi connectivity index (χ4n) is 4.26. The molecular formula is C24H22FN3. The minimum Gasteiger partial charge on any atom is -0.315 e. The molecule has 3 nitrogen and oxygen atoms in total. The molecule has 0 bridgehead atoms. The lowest BCUT2D eigenvalue weighted by Crippen LogP contribution is -2.19. The third kappa shape index (κ3) is 3.32. The van der Waals surface area contributed by atoms with Crippen LogP contribution in [0, 0.1) is 5.82 Å². The highest BCUT2D eigenvalue weighted by molar-refractivity contribution is 5.82. The van der Waals surface area contributed by atoms with Gasteiger partial charge in [0, 0.05) is 30.7 Å². The van der Waals surface area contributed by atoms with Crippen LogP contribution >= 0.6 is 0 Å². The first kappa shape index (κ1) is 17.1. The van der Waals surface area contributed by atoms with E-state index in [1.807, 2.05) is 10.8 Å². The largest absolute Gasteiger partial charge is 0.315 e. The Balaban J connectivity index is 1.36. The number of pyridine rings is 1. The summed E-state index contributed by atoms with van der Waals surface area (Å²) in [5.74, 6) is 0.243. The number of fused-ring (bicyclic) bond motifs is 1. The highest BCUT2D eigenvalue weighted by atomic mass is 19.1. The van der Waals surface area contributed by atoms with Crippen LogP contribution in [-0.4, -0.2) is 27.5 Å². The van der Waals surface area contributed by atoms with Gasteiger partial charge in [0.2, 0.25) is 0 Å². The van der Waals surface area contributed by atoms with Gasteiger partial charge < -0.3 is 4.57 Å². The van der Waals surface area contributed by atoms with Gasteiger partial charge in [0.25, 0.3) is 0 Å². The van der Waals surface area contributed by atoms with Crippen molar-refractivity contribution in [3.63, 3.8) is 0 Å². The Hall–Kier alpha value is -2.98. The molecule has 3 heterocycles. The molecule has 1 fully saturated rings. The smallest absolute Gasteiger partial charge is 0.143 e. The highest BCUT2D eigenvalue weighted by Gasteiger charge is 2.24. The van der Waals surface area contributed by atoms with E-state index in [1.54, 1.807) is 6.20 Å². The summed E-state index contributed by atoms with van der Waals surface area (Å²) in [6.45, 7) is 3.24. The predicted molar refractivity (Wildman–Crippen MR) is 110 cm³/mol. The summed E-state index contributed by atoms with van der Waals surface area (Å²) in [6, 6.07) is 20.9. The van der Waals surface area contributed by atoms with E-state index in [9.17, 15) is 4.39 Å². The molecule has 0 radical (unpaired) electrons. The summed E-state index contributed by atoms with van der Waals surface area (Å²) in [5, 5.41) is 1.18. The molecule has 1 aliphatic rings. The van der Waals surface area contributed by atoms with Crippen molar-refractivity contribution in [2.45, 2.75) is 18.9 Å². The average Bonchev–Trinajstić information content (AvgIpc) is 3.35. The topological polar surface area (TPSA) is 21.1 Å². The predicted octanol–water partition coefficient (Wildman–Crippen LogP) is 5.15. The molecule has 2 aromatic heterocycles. The molecule has 1 unspecified atom stereocenters. The second kappa shape index (κ2) is 7.21. The first-order chi connectivity index (χ1) is 13.8. The lowest BCUT2D eigenvalue weighted by molar-refractivity contribution is 0.327. The number of benzene rings is 2. The van der Waals surface area contributed by atoms with Gasteiger partial charge in [0.15, 0.2) is 0 Å². The molecule has 4 heteroatoms. The number of hydrogen-bond donors (Lipinski definition) is 0. The van der Waals surface area contributed by atoms with Crippen molar-refractivity contribution in [1.82, 2.24) is 14.5 Å². The van der Waals surface area contributed by atoms with Crippen LogP contribution in [0.5, 0.6) is 0 Å². The maximum atomic E-state index is 13.5. The van der Waals surface area contributed by atoms with Gasteiger partial charge in [-0.3, -0.25) is 9.88 Å². The maximum Gasteiger partial charge on any atom is 0.143 e. The molecule has 0 N–H and O–H groups in total. The van der Waals surface area contributed by atoms with Crippen LogP contribution in [0.25, 0.3) is 16.6 Å². The van der Waals surface area contributed by atoms with E-state index < -0.39 is 0 Å². The lowest BCUT2D eigenvalue weighted by Gasteiger charge is -2.16. The van der Waals surface area contributed by atoms with Crippen LogP contribution in [0.1, 0.15) is 23.5 Å². The summed E-state index contributed by atoms with van der Waals surface area (Å²) in [4.78, 5) is 6.50. The van der Waals surface area contributed by atoms with Crippen LogP contribution in [0.4, 0.5) is 4.39 Å². The minimum atomic E-state index is -0.319. The number of rotatable bonds is 4. The molecular weight excluding hydrogens is 349 g/mol. The first-order valence-electron chi connectivity index (χ1n) is 9.74. The number of halogens is 1. The van der Waals surface area contributed by atoms with E-state index in [0.29, 0.717) is 5.92 Å². The van der Waals surface area contributed by atoms with Crippen LogP contribution < -0.4 is 0 Å². The van der Waals surface area contributed by atoms with Gasteiger partial charge in [0.05, 0.1) is 23.6 Å². The van der Waals surface area contributed by atoms with Crippen LogP contribution in [-0.2, 0) is 6.54 Å². The zero-order valence-corrected chi connectivity index (χ0v) is 15.6. The molecule has 140 valence electrons. The fraction of sp³-hybridized carbons (Fsp3) is 0.208. The lowest BCUT2D eigenvalue weighted by atomic mass is 9.97. The zero-order chi connectivity index (χ0) is 18.9. The number of likely N-dealkylation sites (tertiary alicyclic amines) is 1. The standard InChI is InChI=1S/C24H22FN3/c25-22-13-23(15-26-14-22)28-11-9-20-12-19(6-7-24(20)28)21-8-10-27(17-21)16-18-4-2-1-3-5-18/h1-7,9,11-15,21H,8,10,16-17H2. The summed E-state index contributed by atoms with van der Waals surface area (Å²) in [7, 11) is 0. The molecule has 1 atom stereocenters. The van der Waals surface area contributed by atoms with Crippen molar-refractivity contribution in [3.8, 4) is 5.69 Å². The van der Waals surface area contributed by atoms with Gasteiger partial charge in [-0.2, -0.15) is 0 Å². The number of hydrogen-bond acceptors (Lipinski definition) is 2. The highest BCUT2D eigenvalue weighted by Crippen LogP contribution is 2.31. The quantitative estimate of drug-likeness (QED) is 0.494.